The van der Waals surface area contributed by atoms with Crippen LogP contribution >= 0.6 is 27.5 Å². The van der Waals surface area contributed by atoms with Crippen LogP contribution in [0.4, 0.5) is 0 Å². The van der Waals surface area contributed by atoms with Crippen LogP contribution in [0.2, 0.25) is 5.02 Å². The van der Waals surface area contributed by atoms with Gasteiger partial charge in [0.05, 0.1) is 20.3 Å². The first kappa shape index (κ1) is 16.6. The van der Waals surface area contributed by atoms with E-state index in [9.17, 15) is 0 Å². The molecule has 1 unspecified atom stereocenters. The summed E-state index contributed by atoms with van der Waals surface area (Å²) in [7, 11) is 3.02. The molecule has 0 aliphatic rings. The van der Waals surface area contributed by atoms with Crippen LogP contribution < -0.4 is 9.47 Å². The van der Waals surface area contributed by atoms with Crippen LogP contribution in [0.3, 0.4) is 0 Å². The van der Waals surface area contributed by atoms with E-state index in [4.69, 9.17) is 21.1 Å². The van der Waals surface area contributed by atoms with Crippen LogP contribution in [0.1, 0.15) is 17.2 Å². The van der Waals surface area contributed by atoms with Gasteiger partial charge in [-0.15, -0.1) is 10.2 Å². The lowest BCUT2D eigenvalue weighted by Gasteiger charge is -2.23. The second-order valence-electron chi connectivity index (χ2n) is 4.68. The second kappa shape index (κ2) is 6.70. The maximum atomic E-state index is 5.99. The Balaban J connectivity index is 2.24. The molecular formula is C14H12BrClN6O2. The minimum Gasteiger partial charge on any atom is -0.481 e. The molecule has 3 rings (SSSR count). The number of ether oxygens (including phenoxy) is 2. The number of H-pyrrole nitrogens is 1. The normalized spacial score (nSPS) is 13.3. The zero-order chi connectivity index (χ0) is 17.2. The van der Waals surface area contributed by atoms with Crippen molar-refractivity contribution in [3.8, 4) is 11.8 Å². The Kier molecular flexibility index (Phi) is 4.63. The van der Waals surface area contributed by atoms with Gasteiger partial charge in [-0.25, -0.2) is 0 Å². The van der Waals surface area contributed by atoms with Gasteiger partial charge < -0.3 is 9.47 Å². The molecule has 0 aliphatic carbocycles. The number of rotatable bonds is 5. The minimum atomic E-state index is -1.06. The predicted octanol–water partition coefficient (Wildman–Crippen LogP) is 2.35. The molecule has 2 aromatic heterocycles. The number of nitrogens with zero attached hydrogens (tertiary/aromatic N) is 5. The SMILES string of the molecule is COc1cc(OC)nc(C(Br)(c2ccc(Cl)cc2)c2nn[nH]n2)n1. The second-order valence-corrected chi connectivity index (χ2v) is 6.30. The molecule has 0 saturated heterocycles. The summed E-state index contributed by atoms with van der Waals surface area (Å²) in [6, 6.07) is 8.73. The molecule has 0 bridgehead atoms. The molecule has 0 spiro atoms. The fourth-order valence-corrected chi connectivity index (χ4v) is 2.85. The minimum absolute atomic E-state index is 0.333. The summed E-state index contributed by atoms with van der Waals surface area (Å²) in [5.41, 5.74) is 0.767. The van der Waals surface area contributed by atoms with Crippen LogP contribution in [-0.4, -0.2) is 44.8 Å². The van der Waals surface area contributed by atoms with Crippen LogP contribution in [0, 0.1) is 0 Å². The lowest BCUT2D eigenvalue weighted by atomic mass is 9.97. The highest BCUT2D eigenvalue weighted by Gasteiger charge is 2.41. The first-order valence-electron chi connectivity index (χ1n) is 6.74. The fourth-order valence-electron chi connectivity index (χ4n) is 2.11. The number of benzene rings is 1. The molecule has 1 atom stereocenters. The topological polar surface area (TPSA) is 98.7 Å². The number of aromatic amines is 1. The molecule has 0 amide bonds. The van der Waals surface area contributed by atoms with E-state index in [0.717, 1.165) is 5.56 Å². The van der Waals surface area contributed by atoms with Gasteiger partial charge in [0.15, 0.2) is 10.1 Å². The number of hydrogen-bond acceptors (Lipinski definition) is 7. The summed E-state index contributed by atoms with van der Waals surface area (Å²) in [4.78, 5) is 8.82. The number of nitrogens with one attached hydrogen (secondary N) is 1. The van der Waals surface area contributed by atoms with Gasteiger partial charge in [-0.3, -0.25) is 0 Å². The van der Waals surface area contributed by atoms with Crippen molar-refractivity contribution in [1.29, 1.82) is 0 Å². The lowest BCUT2D eigenvalue weighted by Crippen LogP contribution is -2.26. The Bertz CT molecular complexity index is 808. The van der Waals surface area contributed by atoms with Crippen LogP contribution in [0.5, 0.6) is 11.8 Å². The highest BCUT2D eigenvalue weighted by Crippen LogP contribution is 2.42. The van der Waals surface area contributed by atoms with E-state index in [1.54, 1.807) is 18.2 Å². The number of alkyl halides is 1. The van der Waals surface area contributed by atoms with Crippen LogP contribution in [-0.2, 0) is 4.32 Å². The van der Waals surface area contributed by atoms with Crippen molar-refractivity contribution in [3.05, 3.63) is 52.6 Å². The Labute approximate surface area is 150 Å². The van der Waals surface area contributed by atoms with Crippen molar-refractivity contribution in [1.82, 2.24) is 30.6 Å². The molecule has 8 nitrogen and oxygen atoms in total. The third-order valence-corrected chi connectivity index (χ3v) is 4.72. The molecule has 1 N–H and O–H groups in total. The number of methoxy groups -OCH3 is 2. The Morgan fingerprint density at radius 1 is 1.04 bits per heavy atom. The van der Waals surface area contributed by atoms with Gasteiger partial charge in [-0.1, -0.05) is 44.9 Å². The van der Waals surface area contributed by atoms with E-state index in [-0.39, 0.29) is 0 Å². The maximum absolute atomic E-state index is 5.99. The van der Waals surface area contributed by atoms with Gasteiger partial charge in [0.1, 0.15) is 0 Å². The molecule has 0 aliphatic heterocycles. The molecule has 24 heavy (non-hydrogen) atoms. The van der Waals surface area contributed by atoms with Crippen molar-refractivity contribution < 1.29 is 9.47 Å². The number of hydrogen-bond donors (Lipinski definition) is 1. The third kappa shape index (κ3) is 2.92. The van der Waals surface area contributed by atoms with Crippen molar-refractivity contribution in [3.63, 3.8) is 0 Å². The van der Waals surface area contributed by atoms with E-state index < -0.39 is 4.32 Å². The first-order chi connectivity index (χ1) is 11.6. The average Bonchev–Trinajstić information content (AvgIpc) is 3.16. The van der Waals surface area contributed by atoms with Crippen molar-refractivity contribution in [2.45, 2.75) is 4.32 Å². The lowest BCUT2D eigenvalue weighted by molar-refractivity contribution is 0.367. The standard InChI is InChI=1S/C14H12BrClN6O2/c1-23-10-7-11(24-2)18-12(17-10)14(15,13-19-21-22-20-13)8-3-5-9(16)6-4-8/h3-7H,1-2H3,(H,19,20,21,22). The molecule has 3 aromatic rings. The number of aromatic nitrogens is 6. The summed E-state index contributed by atoms with van der Waals surface area (Å²) < 4.78 is 9.39. The van der Waals surface area contributed by atoms with Gasteiger partial charge in [-0.2, -0.15) is 15.2 Å². The molecule has 1 aromatic carbocycles. The number of tetrazole rings is 1. The molecule has 2 heterocycles. The van der Waals surface area contributed by atoms with Gasteiger partial charge in [-0.05, 0) is 17.7 Å². The largest absolute Gasteiger partial charge is 0.481 e. The van der Waals surface area contributed by atoms with E-state index in [2.05, 4.69) is 46.5 Å². The molecule has 0 radical (unpaired) electrons. The van der Waals surface area contributed by atoms with Gasteiger partial charge >= 0.3 is 0 Å². The molecule has 0 fully saturated rings. The molecule has 0 saturated carbocycles. The fraction of sp³-hybridized carbons (Fsp3) is 0.214. The Morgan fingerprint density at radius 2 is 1.67 bits per heavy atom. The van der Waals surface area contributed by atoms with E-state index in [1.807, 2.05) is 12.1 Å². The van der Waals surface area contributed by atoms with Gasteiger partial charge in [0, 0.05) is 5.02 Å². The van der Waals surface area contributed by atoms with E-state index in [0.29, 0.717) is 28.4 Å². The summed E-state index contributed by atoms with van der Waals surface area (Å²) in [5, 5.41) is 14.8. The van der Waals surface area contributed by atoms with E-state index in [1.165, 1.54) is 14.2 Å². The Morgan fingerprint density at radius 3 is 2.17 bits per heavy atom. The molecule has 10 heteroatoms. The maximum Gasteiger partial charge on any atom is 0.220 e. The first-order valence-corrected chi connectivity index (χ1v) is 7.91. The third-order valence-electron chi connectivity index (χ3n) is 3.30. The van der Waals surface area contributed by atoms with Crippen LogP contribution in [0.15, 0.2) is 30.3 Å². The Hall–Kier alpha value is -2.26. The quantitative estimate of drug-likeness (QED) is 0.643. The summed E-state index contributed by atoms with van der Waals surface area (Å²) in [6.07, 6.45) is 0. The summed E-state index contributed by atoms with van der Waals surface area (Å²) in [5.74, 6) is 1.36. The predicted molar refractivity (Wildman–Crippen MR) is 89.6 cm³/mol. The van der Waals surface area contributed by atoms with Crippen molar-refractivity contribution >= 4 is 27.5 Å². The molecular weight excluding hydrogens is 400 g/mol. The average molecular weight is 412 g/mol. The van der Waals surface area contributed by atoms with Crippen molar-refractivity contribution in [2.75, 3.05) is 14.2 Å². The highest BCUT2D eigenvalue weighted by molar-refractivity contribution is 9.10. The number of halogens is 2. The van der Waals surface area contributed by atoms with Gasteiger partial charge in [0.25, 0.3) is 0 Å². The monoisotopic (exact) mass is 410 g/mol. The highest BCUT2D eigenvalue weighted by atomic mass is 79.9. The zero-order valence-electron chi connectivity index (χ0n) is 12.7. The van der Waals surface area contributed by atoms with E-state index >= 15 is 0 Å². The summed E-state index contributed by atoms with van der Waals surface area (Å²) in [6.45, 7) is 0. The van der Waals surface area contributed by atoms with Crippen molar-refractivity contribution in [2.24, 2.45) is 0 Å². The summed E-state index contributed by atoms with van der Waals surface area (Å²) >= 11 is 9.67. The van der Waals surface area contributed by atoms with Crippen LogP contribution in [0.25, 0.3) is 0 Å². The molecule has 124 valence electrons. The smallest absolute Gasteiger partial charge is 0.220 e. The zero-order valence-corrected chi connectivity index (χ0v) is 15.0. The van der Waals surface area contributed by atoms with Gasteiger partial charge in [0.2, 0.25) is 17.6 Å².